The molecular weight excluding hydrogens is 435 g/mol. The van der Waals surface area contributed by atoms with Gasteiger partial charge >= 0.3 is 0 Å². The molecule has 2 heterocycles. The van der Waals surface area contributed by atoms with Crippen LogP contribution in [-0.4, -0.2) is 19.5 Å². The maximum absolute atomic E-state index is 13.6. The summed E-state index contributed by atoms with van der Waals surface area (Å²) in [5.74, 6) is 1.99. The van der Waals surface area contributed by atoms with Crippen molar-refractivity contribution in [2.75, 3.05) is 0 Å². The van der Waals surface area contributed by atoms with Crippen molar-refractivity contribution in [3.05, 3.63) is 101 Å². The van der Waals surface area contributed by atoms with Crippen LogP contribution in [0.2, 0.25) is 0 Å². The number of halogens is 1. The Kier molecular flexibility index (Phi) is 4.91. The maximum Gasteiger partial charge on any atom is 0.265 e. The molecule has 0 spiro atoms. The molecule has 33 heavy (non-hydrogen) atoms. The third-order valence-corrected chi connectivity index (χ3v) is 6.78. The molecule has 0 saturated heterocycles. The maximum atomic E-state index is 13.6. The van der Waals surface area contributed by atoms with E-state index < -0.39 is 0 Å². The summed E-state index contributed by atoms with van der Waals surface area (Å²) in [5, 5.41) is 2.40. The summed E-state index contributed by atoms with van der Waals surface area (Å²) in [6, 6.07) is 21.2. The number of hydrogen-bond donors (Lipinski definition) is 0. The van der Waals surface area contributed by atoms with Crippen LogP contribution in [-0.2, 0) is 5.75 Å². The Labute approximate surface area is 193 Å². The Morgan fingerprint density at radius 3 is 2.24 bits per heavy atom. The van der Waals surface area contributed by atoms with Crippen molar-refractivity contribution in [3.8, 4) is 5.69 Å². The molecule has 6 rings (SSSR count). The van der Waals surface area contributed by atoms with E-state index in [-0.39, 0.29) is 11.4 Å². The second-order valence-corrected chi connectivity index (χ2v) is 9.09. The Bertz CT molecular complexity index is 1560. The van der Waals surface area contributed by atoms with E-state index in [1.54, 1.807) is 34.5 Å². The summed E-state index contributed by atoms with van der Waals surface area (Å²) in [7, 11) is 0. The molecule has 0 unspecified atom stereocenters. The molecule has 3 aromatic carbocycles. The summed E-state index contributed by atoms with van der Waals surface area (Å²) >= 11 is 1.54. The normalized spacial score (nSPS) is 13.6. The number of aromatic nitrogens is 4. The zero-order chi connectivity index (χ0) is 22.4. The van der Waals surface area contributed by atoms with Gasteiger partial charge in [0.05, 0.1) is 27.9 Å². The lowest BCUT2D eigenvalue weighted by Gasteiger charge is -2.14. The molecule has 0 aliphatic heterocycles. The van der Waals surface area contributed by atoms with Crippen LogP contribution in [0, 0.1) is 5.82 Å². The average Bonchev–Trinajstić information content (AvgIpc) is 3.69. The molecule has 0 N–H and O–H groups in total. The van der Waals surface area contributed by atoms with Gasteiger partial charge in [0.1, 0.15) is 22.5 Å². The standard InChI is InChI=1S/C26H19FN4OS/c27-17-11-13-18(14-12-17)31-23(28-22-8-4-2-6-20(22)26(31)32)15-33-25-19-5-1-3-7-21(19)29-24(30-25)16-9-10-16/h1-8,11-14,16H,9-10,15H2. The zero-order valence-corrected chi connectivity index (χ0v) is 18.4. The smallest absolute Gasteiger partial charge is 0.265 e. The van der Waals surface area contributed by atoms with E-state index in [1.807, 2.05) is 42.5 Å². The van der Waals surface area contributed by atoms with E-state index in [0.717, 1.165) is 34.6 Å². The third-order valence-electron chi connectivity index (χ3n) is 5.80. The zero-order valence-electron chi connectivity index (χ0n) is 17.6. The van der Waals surface area contributed by atoms with Crippen molar-refractivity contribution < 1.29 is 4.39 Å². The van der Waals surface area contributed by atoms with Crippen LogP contribution in [0.3, 0.4) is 0 Å². The summed E-state index contributed by atoms with van der Waals surface area (Å²) in [6.45, 7) is 0. The van der Waals surface area contributed by atoms with Crippen molar-refractivity contribution >= 4 is 33.6 Å². The Balaban J connectivity index is 1.46. The minimum Gasteiger partial charge on any atom is -0.268 e. The topological polar surface area (TPSA) is 60.7 Å². The quantitative estimate of drug-likeness (QED) is 0.254. The molecule has 5 nitrogen and oxygen atoms in total. The lowest BCUT2D eigenvalue weighted by atomic mass is 10.2. The van der Waals surface area contributed by atoms with Gasteiger partial charge in [0, 0.05) is 11.3 Å². The molecule has 0 atom stereocenters. The molecule has 1 aliphatic carbocycles. The largest absolute Gasteiger partial charge is 0.268 e. The van der Waals surface area contributed by atoms with E-state index in [9.17, 15) is 9.18 Å². The minimum atomic E-state index is -0.350. The van der Waals surface area contributed by atoms with Gasteiger partial charge in [-0.15, -0.1) is 0 Å². The molecule has 1 saturated carbocycles. The van der Waals surface area contributed by atoms with Crippen molar-refractivity contribution in [1.29, 1.82) is 0 Å². The van der Waals surface area contributed by atoms with Crippen LogP contribution >= 0.6 is 11.8 Å². The molecule has 0 amide bonds. The SMILES string of the molecule is O=c1c2ccccc2nc(CSc2nc(C3CC3)nc3ccccc23)n1-c1ccc(F)cc1. The summed E-state index contributed by atoms with van der Waals surface area (Å²) in [4.78, 5) is 27.8. The number of para-hydroxylation sites is 2. The minimum absolute atomic E-state index is 0.172. The molecule has 0 radical (unpaired) electrons. The number of rotatable bonds is 5. The lowest BCUT2D eigenvalue weighted by molar-refractivity contribution is 0.627. The van der Waals surface area contributed by atoms with Crippen LogP contribution in [0.1, 0.15) is 30.4 Å². The first kappa shape index (κ1) is 20.1. The highest BCUT2D eigenvalue weighted by atomic mass is 32.2. The molecule has 162 valence electrons. The molecule has 0 bridgehead atoms. The average molecular weight is 455 g/mol. The first-order valence-corrected chi connectivity index (χ1v) is 11.8. The fourth-order valence-corrected chi connectivity index (χ4v) is 4.91. The van der Waals surface area contributed by atoms with E-state index in [1.165, 1.54) is 12.1 Å². The molecule has 1 fully saturated rings. The van der Waals surface area contributed by atoms with Gasteiger partial charge in [0.15, 0.2) is 0 Å². The monoisotopic (exact) mass is 454 g/mol. The Morgan fingerprint density at radius 2 is 1.52 bits per heavy atom. The van der Waals surface area contributed by atoms with E-state index in [0.29, 0.717) is 34.1 Å². The van der Waals surface area contributed by atoms with Gasteiger partial charge in [0.25, 0.3) is 5.56 Å². The molecule has 1 aliphatic rings. The van der Waals surface area contributed by atoms with Crippen LogP contribution < -0.4 is 5.56 Å². The number of benzene rings is 3. The fraction of sp³-hybridized carbons (Fsp3) is 0.154. The first-order chi connectivity index (χ1) is 16.2. The van der Waals surface area contributed by atoms with E-state index >= 15 is 0 Å². The van der Waals surface area contributed by atoms with E-state index in [4.69, 9.17) is 15.0 Å². The fourth-order valence-electron chi connectivity index (χ4n) is 3.96. The number of hydrogen-bond acceptors (Lipinski definition) is 5. The van der Waals surface area contributed by atoms with Crippen molar-refractivity contribution in [2.24, 2.45) is 0 Å². The van der Waals surface area contributed by atoms with Gasteiger partial charge in [-0.05, 0) is 55.3 Å². The van der Waals surface area contributed by atoms with Crippen molar-refractivity contribution in [2.45, 2.75) is 29.5 Å². The van der Waals surface area contributed by atoms with Crippen molar-refractivity contribution in [3.63, 3.8) is 0 Å². The Hall–Kier alpha value is -3.58. The van der Waals surface area contributed by atoms with Gasteiger partial charge in [-0.2, -0.15) is 0 Å². The predicted molar refractivity (Wildman–Crippen MR) is 128 cm³/mol. The highest BCUT2D eigenvalue weighted by Gasteiger charge is 2.27. The van der Waals surface area contributed by atoms with Crippen molar-refractivity contribution in [1.82, 2.24) is 19.5 Å². The number of nitrogens with zero attached hydrogens (tertiary/aromatic N) is 4. The van der Waals surface area contributed by atoms with Gasteiger partial charge in [-0.3, -0.25) is 9.36 Å². The Morgan fingerprint density at radius 1 is 0.848 bits per heavy atom. The molecular formula is C26H19FN4OS. The molecule has 2 aromatic heterocycles. The van der Waals surface area contributed by atoms with Crippen LogP contribution in [0.15, 0.2) is 82.6 Å². The van der Waals surface area contributed by atoms with Gasteiger partial charge < -0.3 is 0 Å². The second-order valence-electron chi connectivity index (χ2n) is 8.13. The summed E-state index contributed by atoms with van der Waals surface area (Å²) < 4.78 is 15.1. The lowest BCUT2D eigenvalue weighted by Crippen LogP contribution is -2.23. The van der Waals surface area contributed by atoms with Crippen LogP contribution in [0.25, 0.3) is 27.5 Å². The first-order valence-electron chi connectivity index (χ1n) is 10.8. The second kappa shape index (κ2) is 8.08. The van der Waals surface area contributed by atoms with Gasteiger partial charge in [0.2, 0.25) is 0 Å². The van der Waals surface area contributed by atoms with Crippen LogP contribution in [0.4, 0.5) is 4.39 Å². The van der Waals surface area contributed by atoms with E-state index in [2.05, 4.69) is 0 Å². The number of fused-ring (bicyclic) bond motifs is 2. The highest BCUT2D eigenvalue weighted by Crippen LogP contribution is 2.40. The summed E-state index contributed by atoms with van der Waals surface area (Å²) in [5.41, 5.74) is 1.98. The predicted octanol–water partition coefficient (Wildman–Crippen LogP) is 5.64. The molecule has 5 aromatic rings. The highest BCUT2D eigenvalue weighted by molar-refractivity contribution is 7.98. The summed E-state index contributed by atoms with van der Waals surface area (Å²) in [6.07, 6.45) is 2.25. The molecule has 7 heteroatoms. The number of thioether (sulfide) groups is 1. The van der Waals surface area contributed by atoms with Crippen LogP contribution in [0.5, 0.6) is 0 Å². The van der Waals surface area contributed by atoms with Gasteiger partial charge in [-0.25, -0.2) is 19.3 Å². The van der Waals surface area contributed by atoms with Gasteiger partial charge in [-0.1, -0.05) is 42.1 Å². The third kappa shape index (κ3) is 3.78.